The number of carbonyl (C=O) groups is 2. The maximum atomic E-state index is 13.2. The number of amides is 2. The number of thiazole rings is 1. The molecule has 3 aromatic rings. The van der Waals surface area contributed by atoms with Crippen LogP contribution in [0.4, 0.5) is 10.2 Å². The molecule has 1 N–H and O–H groups in total. The van der Waals surface area contributed by atoms with Crippen LogP contribution in [0.1, 0.15) is 38.8 Å². The number of aryl methyl sites for hydroxylation is 1. The number of hydrogen-bond donors (Lipinski definition) is 1. The van der Waals surface area contributed by atoms with Gasteiger partial charge < -0.3 is 10.2 Å². The van der Waals surface area contributed by atoms with Gasteiger partial charge in [-0.05, 0) is 49.6 Å². The van der Waals surface area contributed by atoms with Crippen LogP contribution in [0.2, 0.25) is 5.02 Å². The molecule has 0 radical (unpaired) electrons. The number of rotatable bonds is 5. The Labute approximate surface area is 194 Å². The maximum absolute atomic E-state index is 13.2. The Morgan fingerprint density at radius 3 is 2.75 bits per heavy atom. The smallest absolute Gasteiger partial charge is 0.265 e. The molecule has 3 heterocycles. The largest absolute Gasteiger partial charge is 0.337 e. The lowest BCUT2D eigenvalue weighted by Crippen LogP contribution is -2.43. The Morgan fingerprint density at radius 2 is 2.03 bits per heavy atom. The van der Waals surface area contributed by atoms with E-state index < -0.39 is 0 Å². The Hall–Kier alpha value is -2.84. The normalized spacial score (nSPS) is 16.1. The Balaban J connectivity index is 1.41. The lowest BCUT2D eigenvalue weighted by Gasteiger charge is -2.31. The molecule has 0 bridgehead atoms. The van der Waals surface area contributed by atoms with Crippen LogP contribution in [0.5, 0.6) is 0 Å². The van der Waals surface area contributed by atoms with Gasteiger partial charge in [-0.25, -0.2) is 14.4 Å². The number of hydrogen-bond acceptors (Lipinski definition) is 5. The number of nitrogens with zero attached hydrogens (tertiary/aromatic N) is 3. The zero-order valence-corrected chi connectivity index (χ0v) is 19.0. The summed E-state index contributed by atoms with van der Waals surface area (Å²) in [7, 11) is 0. The predicted molar refractivity (Wildman–Crippen MR) is 123 cm³/mol. The van der Waals surface area contributed by atoms with Crippen molar-refractivity contribution < 1.29 is 14.0 Å². The average Bonchev–Trinajstić information content (AvgIpc) is 3.16. The van der Waals surface area contributed by atoms with Crippen molar-refractivity contribution in [2.75, 3.05) is 18.4 Å². The Bertz CT molecular complexity index is 1120. The number of pyridine rings is 1. The summed E-state index contributed by atoms with van der Waals surface area (Å²) in [6, 6.07) is 9.58. The number of piperidine rings is 1. The summed E-state index contributed by atoms with van der Waals surface area (Å²) >= 11 is 7.19. The fourth-order valence-corrected chi connectivity index (χ4v) is 4.88. The van der Waals surface area contributed by atoms with Gasteiger partial charge in [-0.2, -0.15) is 0 Å². The Kier molecular flexibility index (Phi) is 6.81. The molecule has 1 atom stereocenters. The zero-order valence-electron chi connectivity index (χ0n) is 17.5. The number of anilines is 1. The van der Waals surface area contributed by atoms with Gasteiger partial charge in [-0.1, -0.05) is 23.7 Å². The maximum Gasteiger partial charge on any atom is 0.265 e. The van der Waals surface area contributed by atoms with Gasteiger partial charge in [0.15, 0.2) is 0 Å². The minimum atomic E-state index is -0.308. The highest BCUT2D eigenvalue weighted by molar-refractivity contribution is 7.13. The second kappa shape index (κ2) is 9.75. The van der Waals surface area contributed by atoms with Crippen molar-refractivity contribution in [3.63, 3.8) is 0 Å². The number of carbonyl (C=O) groups excluding carboxylic acids is 2. The quantitative estimate of drug-likeness (QED) is 0.583. The first-order valence-electron chi connectivity index (χ1n) is 10.3. The lowest BCUT2D eigenvalue weighted by atomic mass is 9.97. The van der Waals surface area contributed by atoms with Crippen LogP contribution in [0, 0.1) is 18.7 Å². The highest BCUT2D eigenvalue weighted by atomic mass is 35.5. The van der Waals surface area contributed by atoms with Crippen LogP contribution < -0.4 is 5.32 Å². The zero-order chi connectivity index (χ0) is 22.7. The monoisotopic (exact) mass is 472 g/mol. The topological polar surface area (TPSA) is 75.2 Å². The molecule has 0 spiro atoms. The van der Waals surface area contributed by atoms with E-state index in [4.69, 9.17) is 11.6 Å². The van der Waals surface area contributed by atoms with E-state index in [-0.39, 0.29) is 23.5 Å². The van der Waals surface area contributed by atoms with Crippen LogP contribution >= 0.6 is 22.9 Å². The molecule has 1 aromatic carbocycles. The number of aromatic nitrogens is 2. The summed E-state index contributed by atoms with van der Waals surface area (Å²) in [6.07, 6.45) is 3.47. The highest BCUT2D eigenvalue weighted by Gasteiger charge is 2.30. The van der Waals surface area contributed by atoms with Gasteiger partial charge in [0.1, 0.15) is 16.5 Å². The number of halogens is 2. The lowest BCUT2D eigenvalue weighted by molar-refractivity contribution is -0.121. The molecular formula is C23H22ClFN4O2S. The van der Waals surface area contributed by atoms with E-state index in [9.17, 15) is 14.0 Å². The van der Waals surface area contributed by atoms with E-state index >= 15 is 0 Å². The van der Waals surface area contributed by atoms with Gasteiger partial charge in [-0.15, -0.1) is 11.3 Å². The molecule has 166 valence electrons. The van der Waals surface area contributed by atoms with Crippen LogP contribution in [-0.2, 0) is 11.2 Å². The summed E-state index contributed by atoms with van der Waals surface area (Å²) < 4.78 is 13.1. The van der Waals surface area contributed by atoms with Crippen molar-refractivity contribution in [2.24, 2.45) is 5.92 Å². The van der Waals surface area contributed by atoms with Gasteiger partial charge in [0.25, 0.3) is 5.91 Å². The molecule has 32 heavy (non-hydrogen) atoms. The average molecular weight is 473 g/mol. The number of benzene rings is 1. The summed E-state index contributed by atoms with van der Waals surface area (Å²) in [6.45, 7) is 2.77. The van der Waals surface area contributed by atoms with Gasteiger partial charge in [0, 0.05) is 25.7 Å². The van der Waals surface area contributed by atoms with Crippen molar-refractivity contribution in [2.45, 2.75) is 26.2 Å². The summed E-state index contributed by atoms with van der Waals surface area (Å²) in [5.74, 6) is -0.415. The minimum Gasteiger partial charge on any atom is -0.337 e. The van der Waals surface area contributed by atoms with E-state index in [1.807, 2.05) is 6.92 Å². The van der Waals surface area contributed by atoms with Gasteiger partial charge >= 0.3 is 0 Å². The molecule has 1 unspecified atom stereocenters. The van der Waals surface area contributed by atoms with Gasteiger partial charge in [-0.3, -0.25) is 9.59 Å². The first-order chi connectivity index (χ1) is 15.4. The van der Waals surface area contributed by atoms with Crippen LogP contribution in [0.3, 0.4) is 0 Å². The first-order valence-corrected chi connectivity index (χ1v) is 11.5. The second-order valence-electron chi connectivity index (χ2n) is 7.77. The molecule has 1 aliphatic heterocycles. The second-order valence-corrected chi connectivity index (χ2v) is 9.29. The van der Waals surface area contributed by atoms with Gasteiger partial charge in [0.2, 0.25) is 5.91 Å². The first kappa shape index (κ1) is 22.4. The van der Waals surface area contributed by atoms with E-state index in [0.717, 1.165) is 17.0 Å². The molecule has 2 aromatic heterocycles. The van der Waals surface area contributed by atoms with Crippen molar-refractivity contribution in [1.82, 2.24) is 14.9 Å². The SMILES string of the molecule is Cc1nc(Cc2ccc(F)cc2)sc1C(=O)N1CCCC(C(=O)Nc2ccc(Cl)cn2)C1. The molecule has 2 amide bonds. The van der Waals surface area contributed by atoms with E-state index in [1.54, 1.807) is 29.2 Å². The molecule has 0 saturated carbocycles. The molecule has 4 rings (SSSR count). The van der Waals surface area contributed by atoms with E-state index in [1.165, 1.54) is 29.7 Å². The highest BCUT2D eigenvalue weighted by Crippen LogP contribution is 2.26. The van der Waals surface area contributed by atoms with Gasteiger partial charge in [0.05, 0.1) is 21.6 Å². The molecule has 9 heteroatoms. The fourth-order valence-electron chi connectivity index (χ4n) is 3.70. The van der Waals surface area contributed by atoms with E-state index in [2.05, 4.69) is 15.3 Å². The summed E-state index contributed by atoms with van der Waals surface area (Å²) in [4.78, 5) is 36.8. The molecule has 1 aliphatic rings. The van der Waals surface area contributed by atoms with E-state index in [0.29, 0.717) is 47.3 Å². The van der Waals surface area contributed by atoms with Crippen molar-refractivity contribution in [3.05, 3.63) is 74.6 Å². The standard InChI is InChI=1S/C23H22ClFN4O2S/c1-14-21(32-20(27-14)11-15-4-7-18(25)8-5-15)23(31)29-10-2-3-16(13-29)22(30)28-19-9-6-17(24)12-26-19/h4-9,12,16H,2-3,10-11,13H2,1H3,(H,26,28,30). The minimum absolute atomic E-state index is 0.104. The molecule has 1 fully saturated rings. The number of likely N-dealkylation sites (tertiary alicyclic amines) is 1. The summed E-state index contributed by atoms with van der Waals surface area (Å²) in [5, 5.41) is 4.10. The Morgan fingerprint density at radius 1 is 1.25 bits per heavy atom. The third kappa shape index (κ3) is 5.31. The predicted octanol–water partition coefficient (Wildman–Crippen LogP) is 4.72. The fraction of sp³-hybridized carbons (Fsp3) is 0.304. The third-order valence-electron chi connectivity index (χ3n) is 5.36. The molecule has 1 saturated heterocycles. The van der Waals surface area contributed by atoms with Crippen molar-refractivity contribution >= 4 is 40.6 Å². The van der Waals surface area contributed by atoms with Crippen LogP contribution in [0.25, 0.3) is 0 Å². The van der Waals surface area contributed by atoms with Crippen LogP contribution in [0.15, 0.2) is 42.6 Å². The third-order valence-corrected chi connectivity index (χ3v) is 6.73. The van der Waals surface area contributed by atoms with Crippen molar-refractivity contribution in [3.8, 4) is 0 Å². The summed E-state index contributed by atoms with van der Waals surface area (Å²) in [5.41, 5.74) is 1.61. The number of nitrogens with one attached hydrogen (secondary N) is 1. The molecular weight excluding hydrogens is 451 g/mol. The molecule has 6 nitrogen and oxygen atoms in total. The van der Waals surface area contributed by atoms with Crippen molar-refractivity contribution in [1.29, 1.82) is 0 Å². The van der Waals surface area contributed by atoms with Crippen LogP contribution in [-0.4, -0.2) is 39.8 Å². The molecule has 0 aliphatic carbocycles.